The molecule has 0 aliphatic rings. The first kappa shape index (κ1) is 14.9. The van der Waals surface area contributed by atoms with Crippen LogP contribution in [0.4, 0.5) is 8.78 Å². The molecule has 1 rings (SSSR count). The number of hydrogen-bond donors (Lipinski definition) is 2. The van der Waals surface area contributed by atoms with Crippen molar-refractivity contribution in [1.82, 2.24) is 5.32 Å². The van der Waals surface area contributed by atoms with Crippen LogP contribution in [0, 0.1) is 0 Å². The van der Waals surface area contributed by atoms with Gasteiger partial charge in [-0.05, 0) is 37.6 Å². The largest absolute Gasteiger partial charge is 0.393 e. The normalized spacial score (nSPS) is 12.5. The molecular formula is C12H15F2NO2S. The number of aliphatic hydroxyl groups excluding tert-OH is 1. The number of thioether (sulfide) groups is 1. The first-order chi connectivity index (χ1) is 8.49. The average Bonchev–Trinajstić information content (AvgIpc) is 2.28. The maximum atomic E-state index is 12.1. The van der Waals surface area contributed by atoms with Gasteiger partial charge in [0.15, 0.2) is 0 Å². The molecule has 3 nitrogen and oxygen atoms in total. The van der Waals surface area contributed by atoms with E-state index in [9.17, 15) is 13.6 Å². The second-order valence-electron chi connectivity index (χ2n) is 3.80. The Balaban J connectivity index is 2.48. The summed E-state index contributed by atoms with van der Waals surface area (Å²) in [4.78, 5) is 12.0. The molecule has 0 aliphatic heterocycles. The van der Waals surface area contributed by atoms with Gasteiger partial charge in [-0.3, -0.25) is 4.79 Å². The summed E-state index contributed by atoms with van der Waals surface area (Å²) in [5.41, 5.74) is 0.416. The SMILES string of the molecule is CC(O)CCNC(=O)c1ccc(SC(F)F)cc1. The predicted molar refractivity (Wildman–Crippen MR) is 66.9 cm³/mol. The highest BCUT2D eigenvalue weighted by Crippen LogP contribution is 2.25. The lowest BCUT2D eigenvalue weighted by Crippen LogP contribution is -2.26. The second-order valence-corrected chi connectivity index (χ2v) is 4.86. The average molecular weight is 275 g/mol. The molecule has 0 aromatic heterocycles. The van der Waals surface area contributed by atoms with Crippen molar-refractivity contribution in [2.75, 3.05) is 6.54 Å². The fourth-order valence-corrected chi connectivity index (χ4v) is 1.78. The number of amides is 1. The van der Waals surface area contributed by atoms with Gasteiger partial charge in [-0.15, -0.1) is 0 Å². The molecule has 0 fully saturated rings. The molecule has 0 saturated carbocycles. The van der Waals surface area contributed by atoms with Gasteiger partial charge in [0.1, 0.15) is 0 Å². The summed E-state index contributed by atoms with van der Waals surface area (Å²) in [6, 6.07) is 5.98. The maximum absolute atomic E-state index is 12.1. The van der Waals surface area contributed by atoms with Crippen LogP contribution in [0.5, 0.6) is 0 Å². The first-order valence-electron chi connectivity index (χ1n) is 5.50. The van der Waals surface area contributed by atoms with E-state index in [2.05, 4.69) is 5.32 Å². The minimum absolute atomic E-state index is 0.274. The molecule has 1 unspecified atom stereocenters. The Labute approximate surface area is 109 Å². The molecule has 1 amide bonds. The monoisotopic (exact) mass is 275 g/mol. The number of alkyl halides is 2. The molecule has 1 aromatic carbocycles. The van der Waals surface area contributed by atoms with Gasteiger partial charge >= 0.3 is 0 Å². The van der Waals surface area contributed by atoms with E-state index in [1.54, 1.807) is 6.92 Å². The summed E-state index contributed by atoms with van der Waals surface area (Å²) in [5.74, 6) is -2.74. The zero-order chi connectivity index (χ0) is 13.5. The van der Waals surface area contributed by atoms with Crippen molar-refractivity contribution < 1.29 is 18.7 Å². The smallest absolute Gasteiger partial charge is 0.288 e. The van der Waals surface area contributed by atoms with Crippen LogP contribution in [0.1, 0.15) is 23.7 Å². The number of benzene rings is 1. The summed E-state index contributed by atoms with van der Waals surface area (Å²) < 4.78 is 24.2. The zero-order valence-corrected chi connectivity index (χ0v) is 10.7. The summed E-state index contributed by atoms with van der Waals surface area (Å²) in [6.07, 6.45) is 0.0144. The highest BCUT2D eigenvalue weighted by atomic mass is 32.2. The molecule has 18 heavy (non-hydrogen) atoms. The van der Waals surface area contributed by atoms with Gasteiger partial charge in [0, 0.05) is 17.0 Å². The van der Waals surface area contributed by atoms with Crippen LogP contribution in [-0.2, 0) is 0 Å². The first-order valence-corrected chi connectivity index (χ1v) is 6.38. The summed E-state index contributed by atoms with van der Waals surface area (Å²) in [6.45, 7) is 2.02. The standard InChI is InChI=1S/C12H15F2NO2S/c1-8(16)6-7-15-11(17)9-2-4-10(5-3-9)18-12(13)14/h2-5,8,12,16H,6-7H2,1H3,(H,15,17). The molecule has 0 aliphatic carbocycles. The highest BCUT2D eigenvalue weighted by Gasteiger charge is 2.08. The van der Waals surface area contributed by atoms with E-state index in [1.165, 1.54) is 24.3 Å². The Morgan fingerprint density at radius 1 is 1.39 bits per heavy atom. The second kappa shape index (κ2) is 7.33. The number of aliphatic hydroxyl groups is 1. The van der Waals surface area contributed by atoms with Crippen LogP contribution >= 0.6 is 11.8 Å². The number of carbonyl (C=O) groups excluding carboxylic acids is 1. The third-order valence-electron chi connectivity index (χ3n) is 2.19. The molecule has 6 heteroatoms. The van der Waals surface area contributed by atoms with Crippen LogP contribution < -0.4 is 5.32 Å². The lowest BCUT2D eigenvalue weighted by molar-refractivity contribution is 0.0945. The van der Waals surface area contributed by atoms with Gasteiger partial charge in [0.2, 0.25) is 0 Å². The third-order valence-corrected chi connectivity index (χ3v) is 2.91. The van der Waals surface area contributed by atoms with Crippen molar-refractivity contribution in [1.29, 1.82) is 0 Å². The third kappa shape index (κ3) is 5.46. The van der Waals surface area contributed by atoms with Crippen LogP contribution in [0.25, 0.3) is 0 Å². The summed E-state index contributed by atoms with van der Waals surface area (Å²) >= 11 is 0.443. The van der Waals surface area contributed by atoms with E-state index in [0.717, 1.165) is 0 Å². The highest BCUT2D eigenvalue weighted by molar-refractivity contribution is 7.99. The summed E-state index contributed by atoms with van der Waals surface area (Å²) in [5, 5.41) is 11.7. The fraction of sp³-hybridized carbons (Fsp3) is 0.417. The number of rotatable bonds is 6. The molecule has 0 bridgehead atoms. The topological polar surface area (TPSA) is 49.3 Å². The molecule has 0 saturated heterocycles. The Bertz CT molecular complexity index is 382. The van der Waals surface area contributed by atoms with Crippen molar-refractivity contribution >= 4 is 17.7 Å². The van der Waals surface area contributed by atoms with Crippen molar-refractivity contribution in [2.24, 2.45) is 0 Å². The Morgan fingerprint density at radius 2 is 2.00 bits per heavy atom. The van der Waals surface area contributed by atoms with E-state index in [4.69, 9.17) is 5.11 Å². The van der Waals surface area contributed by atoms with E-state index in [1.807, 2.05) is 0 Å². The molecule has 0 radical (unpaired) electrons. The minimum Gasteiger partial charge on any atom is -0.393 e. The predicted octanol–water partition coefficient (Wildman–Crippen LogP) is 2.50. The lowest BCUT2D eigenvalue weighted by Gasteiger charge is -2.07. The van der Waals surface area contributed by atoms with Crippen LogP contribution in [-0.4, -0.2) is 29.4 Å². The molecule has 2 N–H and O–H groups in total. The zero-order valence-electron chi connectivity index (χ0n) is 9.90. The summed E-state index contributed by atoms with van der Waals surface area (Å²) in [7, 11) is 0. The molecule has 0 heterocycles. The van der Waals surface area contributed by atoms with E-state index in [0.29, 0.717) is 35.2 Å². The molecular weight excluding hydrogens is 260 g/mol. The van der Waals surface area contributed by atoms with Gasteiger partial charge < -0.3 is 10.4 Å². The van der Waals surface area contributed by atoms with Gasteiger partial charge in [-0.1, -0.05) is 11.8 Å². The van der Waals surface area contributed by atoms with Crippen LogP contribution in [0.3, 0.4) is 0 Å². The molecule has 0 spiro atoms. The Hall–Kier alpha value is -1.14. The van der Waals surface area contributed by atoms with Crippen molar-refractivity contribution in [3.63, 3.8) is 0 Å². The van der Waals surface area contributed by atoms with Crippen molar-refractivity contribution in [3.8, 4) is 0 Å². The van der Waals surface area contributed by atoms with E-state index < -0.39 is 11.9 Å². The van der Waals surface area contributed by atoms with Gasteiger partial charge in [0.05, 0.1) is 6.10 Å². The molecule has 100 valence electrons. The van der Waals surface area contributed by atoms with E-state index in [-0.39, 0.29) is 5.91 Å². The number of halogens is 2. The minimum atomic E-state index is -2.46. The van der Waals surface area contributed by atoms with Crippen LogP contribution in [0.2, 0.25) is 0 Å². The molecule has 1 atom stereocenters. The quantitative estimate of drug-likeness (QED) is 0.784. The number of hydrogen-bond acceptors (Lipinski definition) is 3. The lowest BCUT2D eigenvalue weighted by atomic mass is 10.2. The van der Waals surface area contributed by atoms with Crippen LogP contribution in [0.15, 0.2) is 29.2 Å². The Kier molecular flexibility index (Phi) is 6.07. The number of carbonyl (C=O) groups is 1. The van der Waals surface area contributed by atoms with E-state index >= 15 is 0 Å². The van der Waals surface area contributed by atoms with Crippen molar-refractivity contribution in [2.45, 2.75) is 30.1 Å². The number of nitrogens with one attached hydrogen (secondary N) is 1. The Morgan fingerprint density at radius 3 is 2.50 bits per heavy atom. The fourth-order valence-electron chi connectivity index (χ4n) is 1.28. The van der Waals surface area contributed by atoms with Crippen molar-refractivity contribution in [3.05, 3.63) is 29.8 Å². The van der Waals surface area contributed by atoms with Gasteiger partial charge in [-0.25, -0.2) is 0 Å². The van der Waals surface area contributed by atoms with Gasteiger partial charge in [-0.2, -0.15) is 8.78 Å². The van der Waals surface area contributed by atoms with Gasteiger partial charge in [0.25, 0.3) is 11.7 Å². The maximum Gasteiger partial charge on any atom is 0.288 e. The molecule has 1 aromatic rings.